The maximum atomic E-state index is 13.4. The van der Waals surface area contributed by atoms with Crippen LogP contribution in [0.25, 0.3) is 11.1 Å². The predicted molar refractivity (Wildman–Crippen MR) is 98.8 cm³/mol. The zero-order valence-electron chi connectivity index (χ0n) is 15.2. The summed E-state index contributed by atoms with van der Waals surface area (Å²) in [7, 11) is -3.89. The lowest BCUT2D eigenvalue weighted by atomic mass is 9.86. The highest BCUT2D eigenvalue weighted by atomic mass is 32.2. The lowest BCUT2D eigenvalue weighted by molar-refractivity contribution is -0.144. The topological polar surface area (TPSA) is 104 Å². The summed E-state index contributed by atoms with van der Waals surface area (Å²) < 4.78 is 33.2. The number of fused-ring (bicyclic) bond motifs is 1. The van der Waals surface area contributed by atoms with Crippen molar-refractivity contribution in [3.05, 3.63) is 28.7 Å². The van der Waals surface area contributed by atoms with Crippen LogP contribution in [0, 0.1) is 0 Å². The van der Waals surface area contributed by atoms with Gasteiger partial charge in [-0.25, -0.2) is 13.2 Å². The van der Waals surface area contributed by atoms with Crippen LogP contribution in [0.2, 0.25) is 0 Å². The van der Waals surface area contributed by atoms with Crippen molar-refractivity contribution in [2.45, 2.75) is 49.5 Å². The van der Waals surface area contributed by atoms with E-state index in [1.165, 1.54) is 22.5 Å². The molecule has 0 aliphatic carbocycles. The molecular weight excluding hydrogens is 370 g/mol. The third kappa shape index (κ3) is 2.80. The van der Waals surface area contributed by atoms with Crippen molar-refractivity contribution >= 4 is 27.0 Å². The molecule has 0 bridgehead atoms. The molecule has 3 heterocycles. The highest BCUT2D eigenvalue weighted by molar-refractivity contribution is 7.89. The minimum absolute atomic E-state index is 0.0411. The van der Waals surface area contributed by atoms with E-state index in [9.17, 15) is 18.0 Å². The fraction of sp³-hybridized carbons (Fsp3) is 0.556. The van der Waals surface area contributed by atoms with Crippen molar-refractivity contribution in [3.8, 4) is 0 Å². The van der Waals surface area contributed by atoms with Crippen molar-refractivity contribution in [2.24, 2.45) is 0 Å². The second kappa shape index (κ2) is 6.49. The lowest BCUT2D eigenvalue weighted by Gasteiger charge is -2.43. The molecule has 1 amide bonds. The molecule has 1 spiro atoms. The summed E-state index contributed by atoms with van der Waals surface area (Å²) >= 11 is 0. The Morgan fingerprint density at radius 2 is 1.93 bits per heavy atom. The molecule has 1 atom stereocenters. The number of carbonyl (C=O) groups excluding carboxylic acids is 1. The Morgan fingerprint density at radius 3 is 2.67 bits per heavy atom. The molecule has 2 aliphatic heterocycles. The number of H-pyrrole nitrogens is 1. The van der Waals surface area contributed by atoms with E-state index in [1.807, 2.05) is 6.92 Å². The Bertz CT molecular complexity index is 1040. The van der Waals surface area contributed by atoms with E-state index >= 15 is 0 Å². The third-order valence-corrected chi connectivity index (χ3v) is 7.57. The van der Waals surface area contributed by atoms with E-state index in [4.69, 9.17) is 4.42 Å². The molecule has 1 unspecified atom stereocenters. The molecule has 1 aromatic heterocycles. The Labute approximate surface area is 157 Å². The van der Waals surface area contributed by atoms with Gasteiger partial charge < -0.3 is 9.32 Å². The fourth-order valence-electron chi connectivity index (χ4n) is 4.43. The van der Waals surface area contributed by atoms with Gasteiger partial charge in [-0.1, -0.05) is 6.92 Å². The standard InChI is InChI=1S/C18H23N3O5S/c1-2-9-20-10-3-7-18(16(20)22)8-4-11-21(18)27(24,25)13-5-6-14-15(12-13)26-17(23)19-14/h5-6,12H,2-4,7-11H2,1H3,(H,19,23). The van der Waals surface area contributed by atoms with Crippen LogP contribution in [0.3, 0.4) is 0 Å². The molecule has 0 saturated carbocycles. The largest absolute Gasteiger partial charge is 0.417 e. The van der Waals surface area contributed by atoms with Crippen molar-refractivity contribution in [1.82, 2.24) is 14.2 Å². The quantitative estimate of drug-likeness (QED) is 0.851. The van der Waals surface area contributed by atoms with Gasteiger partial charge >= 0.3 is 5.76 Å². The zero-order valence-corrected chi connectivity index (χ0v) is 16.0. The van der Waals surface area contributed by atoms with Gasteiger partial charge in [0.15, 0.2) is 5.58 Å². The monoisotopic (exact) mass is 393 g/mol. The Hall–Kier alpha value is -2.13. The normalized spacial score (nSPS) is 24.3. The Morgan fingerprint density at radius 1 is 1.19 bits per heavy atom. The van der Waals surface area contributed by atoms with Crippen LogP contribution in [-0.4, -0.2) is 53.7 Å². The maximum Gasteiger partial charge on any atom is 0.417 e. The summed E-state index contributed by atoms with van der Waals surface area (Å²) in [5.41, 5.74) is -0.352. The van der Waals surface area contributed by atoms with Gasteiger partial charge in [0.1, 0.15) is 5.54 Å². The molecule has 2 aliphatic rings. The highest BCUT2D eigenvalue weighted by Gasteiger charge is 2.55. The maximum absolute atomic E-state index is 13.4. The van der Waals surface area contributed by atoms with Crippen LogP contribution in [0.4, 0.5) is 0 Å². The summed E-state index contributed by atoms with van der Waals surface area (Å²) in [4.78, 5) is 28.9. The molecule has 8 nitrogen and oxygen atoms in total. The molecule has 2 aromatic rings. The van der Waals surface area contributed by atoms with Crippen molar-refractivity contribution in [1.29, 1.82) is 0 Å². The van der Waals surface area contributed by atoms with Gasteiger partial charge in [-0.05, 0) is 44.2 Å². The second-order valence-electron chi connectivity index (χ2n) is 7.28. The molecule has 2 saturated heterocycles. The molecule has 1 aromatic carbocycles. The molecule has 2 fully saturated rings. The van der Waals surface area contributed by atoms with E-state index in [0.29, 0.717) is 44.4 Å². The zero-order chi connectivity index (χ0) is 19.2. The van der Waals surface area contributed by atoms with Crippen molar-refractivity contribution in [3.63, 3.8) is 0 Å². The van der Waals surface area contributed by atoms with E-state index in [1.54, 1.807) is 4.90 Å². The van der Waals surface area contributed by atoms with Gasteiger partial charge in [-0.15, -0.1) is 0 Å². The molecule has 146 valence electrons. The van der Waals surface area contributed by atoms with E-state index in [-0.39, 0.29) is 16.4 Å². The first-order valence-corrected chi connectivity index (χ1v) is 10.8. The molecule has 4 rings (SSSR count). The number of carbonyl (C=O) groups is 1. The number of sulfonamides is 1. The first kappa shape index (κ1) is 18.2. The Balaban J connectivity index is 1.75. The summed E-state index contributed by atoms with van der Waals surface area (Å²) in [6, 6.07) is 4.32. The first-order valence-electron chi connectivity index (χ1n) is 9.33. The number of piperidine rings is 1. The molecular formula is C18H23N3O5S. The lowest BCUT2D eigenvalue weighted by Crippen LogP contribution is -2.61. The van der Waals surface area contributed by atoms with Crippen LogP contribution in [0.1, 0.15) is 39.0 Å². The molecule has 9 heteroatoms. The number of aromatic nitrogens is 1. The summed E-state index contributed by atoms with van der Waals surface area (Å²) in [6.07, 6.45) is 3.40. The van der Waals surface area contributed by atoms with Crippen LogP contribution in [-0.2, 0) is 14.8 Å². The number of amides is 1. The SMILES string of the molecule is CCCN1CCCC2(CCCN2S(=O)(=O)c2ccc3[nH]c(=O)oc3c2)C1=O. The number of aromatic amines is 1. The number of benzene rings is 1. The minimum Gasteiger partial charge on any atom is -0.408 e. The van der Waals surface area contributed by atoms with Crippen LogP contribution >= 0.6 is 0 Å². The van der Waals surface area contributed by atoms with Gasteiger partial charge in [0.2, 0.25) is 15.9 Å². The van der Waals surface area contributed by atoms with Gasteiger partial charge in [0, 0.05) is 25.7 Å². The van der Waals surface area contributed by atoms with Crippen molar-refractivity contribution in [2.75, 3.05) is 19.6 Å². The number of likely N-dealkylation sites (tertiary alicyclic amines) is 1. The average molecular weight is 393 g/mol. The molecule has 0 radical (unpaired) electrons. The third-order valence-electron chi connectivity index (χ3n) is 5.61. The summed E-state index contributed by atoms with van der Waals surface area (Å²) in [6.45, 7) is 3.67. The summed E-state index contributed by atoms with van der Waals surface area (Å²) in [5, 5.41) is 0. The smallest absolute Gasteiger partial charge is 0.408 e. The van der Waals surface area contributed by atoms with Gasteiger partial charge in [0.25, 0.3) is 0 Å². The number of hydrogen-bond acceptors (Lipinski definition) is 5. The predicted octanol–water partition coefficient (Wildman–Crippen LogP) is 1.68. The average Bonchev–Trinajstić information content (AvgIpc) is 3.22. The number of nitrogens with one attached hydrogen (secondary N) is 1. The fourth-order valence-corrected chi connectivity index (χ4v) is 6.27. The molecule has 27 heavy (non-hydrogen) atoms. The van der Waals surface area contributed by atoms with Crippen LogP contribution in [0.5, 0.6) is 0 Å². The van der Waals surface area contributed by atoms with Crippen molar-refractivity contribution < 1.29 is 17.6 Å². The highest BCUT2D eigenvalue weighted by Crippen LogP contribution is 2.41. The van der Waals surface area contributed by atoms with Gasteiger partial charge in [-0.3, -0.25) is 9.78 Å². The van der Waals surface area contributed by atoms with E-state index in [0.717, 1.165) is 12.8 Å². The number of hydrogen-bond donors (Lipinski definition) is 1. The number of oxazole rings is 1. The van der Waals surface area contributed by atoms with Crippen LogP contribution < -0.4 is 5.76 Å². The summed E-state index contributed by atoms with van der Waals surface area (Å²) in [5.74, 6) is -0.708. The first-order chi connectivity index (χ1) is 12.9. The van der Waals surface area contributed by atoms with Gasteiger partial charge in [0.05, 0.1) is 10.4 Å². The van der Waals surface area contributed by atoms with E-state index < -0.39 is 21.3 Å². The second-order valence-corrected chi connectivity index (χ2v) is 9.14. The van der Waals surface area contributed by atoms with Gasteiger partial charge in [-0.2, -0.15) is 4.31 Å². The Kier molecular flexibility index (Phi) is 4.38. The molecule has 1 N–H and O–H groups in total. The number of rotatable bonds is 4. The van der Waals surface area contributed by atoms with E-state index in [2.05, 4.69) is 4.98 Å². The van der Waals surface area contributed by atoms with Crippen LogP contribution in [0.15, 0.2) is 32.3 Å². The number of nitrogens with zero attached hydrogens (tertiary/aromatic N) is 2. The minimum atomic E-state index is -3.89.